The summed E-state index contributed by atoms with van der Waals surface area (Å²) < 4.78 is 30.7. The molecular weight excluding hydrogens is 386 g/mol. The number of ether oxygens (including phenoxy) is 1. The Bertz CT molecular complexity index is 949. The Balaban J connectivity index is 1.47. The second-order valence-corrected chi connectivity index (χ2v) is 9.92. The summed E-state index contributed by atoms with van der Waals surface area (Å²) in [6, 6.07) is 13.2. The van der Waals surface area contributed by atoms with E-state index in [-0.39, 0.29) is 24.2 Å². The molecule has 1 N–H and O–H groups in total. The van der Waals surface area contributed by atoms with Gasteiger partial charge in [0.25, 0.3) is 0 Å². The van der Waals surface area contributed by atoms with E-state index in [0.29, 0.717) is 18.0 Å². The lowest BCUT2D eigenvalue weighted by Crippen LogP contribution is -2.25. The topological polar surface area (TPSA) is 72.5 Å². The van der Waals surface area contributed by atoms with Crippen LogP contribution in [0.1, 0.15) is 48.9 Å². The van der Waals surface area contributed by atoms with E-state index in [9.17, 15) is 13.2 Å². The number of benzene rings is 2. The molecule has 3 rings (SSSR count). The van der Waals surface area contributed by atoms with Crippen molar-refractivity contribution < 1.29 is 17.9 Å². The molecular formula is C23H29NO4S. The molecule has 0 fully saturated rings. The molecule has 0 unspecified atom stereocenters. The predicted octanol–water partition coefficient (Wildman–Crippen LogP) is 3.58. The molecule has 1 aliphatic carbocycles. The first-order valence-electron chi connectivity index (χ1n) is 10.1. The number of sulfone groups is 1. The van der Waals surface area contributed by atoms with Crippen molar-refractivity contribution >= 4 is 15.7 Å². The van der Waals surface area contributed by atoms with E-state index < -0.39 is 9.84 Å². The van der Waals surface area contributed by atoms with Gasteiger partial charge in [0.05, 0.1) is 23.4 Å². The Hall–Kier alpha value is -2.18. The van der Waals surface area contributed by atoms with Crippen LogP contribution in [0.5, 0.6) is 0 Å². The average Bonchev–Trinajstić information content (AvgIpc) is 3.18. The van der Waals surface area contributed by atoms with Gasteiger partial charge in [0, 0.05) is 13.0 Å². The Kier molecular flexibility index (Phi) is 7.09. The quantitative estimate of drug-likeness (QED) is 0.679. The van der Waals surface area contributed by atoms with Gasteiger partial charge in [-0.2, -0.15) is 0 Å². The number of aryl methyl sites for hydroxylation is 2. The van der Waals surface area contributed by atoms with Crippen LogP contribution in [-0.2, 0) is 45.4 Å². The largest absolute Gasteiger partial charge is 0.374 e. The minimum atomic E-state index is -3.45. The first-order valence-corrected chi connectivity index (χ1v) is 11.8. The molecule has 2 aromatic carbocycles. The summed E-state index contributed by atoms with van der Waals surface area (Å²) in [4.78, 5) is 12.5. The van der Waals surface area contributed by atoms with Crippen molar-refractivity contribution in [3.8, 4) is 0 Å². The zero-order valence-corrected chi connectivity index (χ0v) is 17.9. The van der Waals surface area contributed by atoms with Crippen LogP contribution >= 0.6 is 0 Å². The van der Waals surface area contributed by atoms with Crippen LogP contribution in [0.15, 0.2) is 47.4 Å². The lowest BCUT2D eigenvalue weighted by Gasteiger charge is -2.09. The van der Waals surface area contributed by atoms with Crippen molar-refractivity contribution in [3.63, 3.8) is 0 Å². The summed E-state index contributed by atoms with van der Waals surface area (Å²) in [6.45, 7) is 4.93. The first kappa shape index (κ1) is 21.5. The van der Waals surface area contributed by atoms with E-state index in [1.807, 2.05) is 44.2 Å². The predicted molar refractivity (Wildman–Crippen MR) is 113 cm³/mol. The zero-order chi connectivity index (χ0) is 20.9. The van der Waals surface area contributed by atoms with Crippen molar-refractivity contribution in [2.75, 3.05) is 5.75 Å². The van der Waals surface area contributed by atoms with Gasteiger partial charge < -0.3 is 10.1 Å². The lowest BCUT2D eigenvalue weighted by atomic mass is 10.1. The highest BCUT2D eigenvalue weighted by Crippen LogP contribution is 2.25. The lowest BCUT2D eigenvalue weighted by molar-refractivity contribution is -0.120. The Morgan fingerprint density at radius 1 is 1.03 bits per heavy atom. The van der Waals surface area contributed by atoms with Crippen molar-refractivity contribution in [3.05, 3.63) is 64.7 Å². The number of rotatable bonds is 9. The van der Waals surface area contributed by atoms with Crippen molar-refractivity contribution in [1.82, 2.24) is 5.32 Å². The second kappa shape index (κ2) is 9.55. The Morgan fingerprint density at radius 3 is 2.45 bits per heavy atom. The summed E-state index contributed by atoms with van der Waals surface area (Å²) in [5.41, 5.74) is 4.41. The molecule has 1 amide bonds. The third-order valence-corrected chi connectivity index (χ3v) is 6.84. The van der Waals surface area contributed by atoms with Crippen molar-refractivity contribution in [2.45, 2.75) is 63.7 Å². The normalized spacial score (nSPS) is 13.5. The number of fused-ring (bicyclic) bond motifs is 1. The van der Waals surface area contributed by atoms with Crippen molar-refractivity contribution in [1.29, 1.82) is 0 Å². The summed E-state index contributed by atoms with van der Waals surface area (Å²) >= 11 is 0. The van der Waals surface area contributed by atoms with Gasteiger partial charge in [0.15, 0.2) is 9.84 Å². The SMILES string of the molecule is CC(C)OCc1ccc(CNC(=O)CCS(=O)(=O)c2ccc3c(c2)CCC3)cc1. The maximum Gasteiger partial charge on any atom is 0.221 e. The van der Waals surface area contributed by atoms with Gasteiger partial charge in [-0.25, -0.2) is 8.42 Å². The number of hydrogen-bond donors (Lipinski definition) is 1. The Morgan fingerprint density at radius 2 is 1.72 bits per heavy atom. The van der Waals surface area contributed by atoms with E-state index in [2.05, 4.69) is 5.32 Å². The summed E-state index contributed by atoms with van der Waals surface area (Å²) in [7, 11) is -3.45. The molecule has 0 aliphatic heterocycles. The standard InChI is InChI=1S/C23H29NO4S/c1-17(2)28-16-19-8-6-18(7-9-19)15-24-23(25)12-13-29(26,27)22-11-10-20-4-3-5-21(20)14-22/h6-11,14,17H,3-5,12-13,15-16H2,1-2H3,(H,24,25). The molecule has 1 aliphatic rings. The Labute approximate surface area is 173 Å². The van der Waals surface area contributed by atoms with Gasteiger partial charge in [-0.05, 0) is 67.5 Å². The highest BCUT2D eigenvalue weighted by molar-refractivity contribution is 7.91. The van der Waals surface area contributed by atoms with E-state index >= 15 is 0 Å². The molecule has 29 heavy (non-hydrogen) atoms. The number of carbonyl (C=O) groups excluding carboxylic acids is 1. The fraction of sp³-hybridized carbons (Fsp3) is 0.435. The summed E-state index contributed by atoms with van der Waals surface area (Å²) in [6.07, 6.45) is 3.17. The van der Waals surface area contributed by atoms with Crippen LogP contribution in [0.2, 0.25) is 0 Å². The monoisotopic (exact) mass is 415 g/mol. The second-order valence-electron chi connectivity index (χ2n) is 7.81. The van der Waals surface area contributed by atoms with Gasteiger partial charge >= 0.3 is 0 Å². The molecule has 2 aromatic rings. The molecule has 0 atom stereocenters. The maximum absolute atomic E-state index is 12.6. The van der Waals surface area contributed by atoms with Gasteiger partial charge in [-0.1, -0.05) is 30.3 Å². The molecule has 6 heteroatoms. The van der Waals surface area contributed by atoms with Crippen LogP contribution in [0.4, 0.5) is 0 Å². The molecule has 0 aromatic heterocycles. The molecule has 0 bridgehead atoms. The molecule has 5 nitrogen and oxygen atoms in total. The van der Waals surface area contributed by atoms with E-state index in [1.165, 1.54) is 5.56 Å². The van der Waals surface area contributed by atoms with E-state index in [1.54, 1.807) is 12.1 Å². The third-order valence-electron chi connectivity index (χ3n) is 5.12. The van der Waals surface area contributed by atoms with Gasteiger partial charge in [-0.3, -0.25) is 4.79 Å². The summed E-state index contributed by atoms with van der Waals surface area (Å²) in [5, 5.41) is 2.80. The van der Waals surface area contributed by atoms with Crippen molar-refractivity contribution in [2.24, 2.45) is 0 Å². The fourth-order valence-corrected chi connectivity index (χ4v) is 4.68. The number of hydrogen-bond acceptors (Lipinski definition) is 4. The van der Waals surface area contributed by atoms with Gasteiger partial charge in [-0.15, -0.1) is 0 Å². The summed E-state index contributed by atoms with van der Waals surface area (Å²) in [5.74, 6) is -0.440. The van der Waals surface area contributed by atoms with E-state index in [4.69, 9.17) is 4.74 Å². The molecule has 0 radical (unpaired) electrons. The highest BCUT2D eigenvalue weighted by atomic mass is 32.2. The maximum atomic E-state index is 12.6. The smallest absolute Gasteiger partial charge is 0.221 e. The molecule has 0 saturated heterocycles. The molecule has 156 valence electrons. The van der Waals surface area contributed by atoms with Crippen LogP contribution in [-0.4, -0.2) is 26.2 Å². The highest BCUT2D eigenvalue weighted by Gasteiger charge is 2.19. The molecule has 0 spiro atoms. The van der Waals surface area contributed by atoms with E-state index in [0.717, 1.165) is 36.0 Å². The zero-order valence-electron chi connectivity index (χ0n) is 17.1. The van der Waals surface area contributed by atoms with Crippen LogP contribution in [0, 0.1) is 0 Å². The van der Waals surface area contributed by atoms with Gasteiger partial charge in [0.2, 0.25) is 5.91 Å². The first-order chi connectivity index (χ1) is 13.8. The van der Waals surface area contributed by atoms with Crippen LogP contribution in [0.3, 0.4) is 0 Å². The molecule has 0 saturated carbocycles. The number of carbonyl (C=O) groups is 1. The minimum Gasteiger partial charge on any atom is -0.374 e. The fourth-order valence-electron chi connectivity index (χ4n) is 3.39. The average molecular weight is 416 g/mol. The third kappa shape index (κ3) is 6.15. The van der Waals surface area contributed by atoms with Gasteiger partial charge in [0.1, 0.15) is 0 Å². The van der Waals surface area contributed by atoms with Crippen LogP contribution in [0.25, 0.3) is 0 Å². The minimum absolute atomic E-state index is 0.0419. The number of amides is 1. The molecule has 0 heterocycles. The van der Waals surface area contributed by atoms with Crippen LogP contribution < -0.4 is 5.32 Å². The number of nitrogens with one attached hydrogen (secondary N) is 1.